The summed E-state index contributed by atoms with van der Waals surface area (Å²) in [5, 5.41) is 115. The SMILES string of the molecule is CO[C@@H]1[C@@H](O)[C@H](O[C@@H]2[C@@H](C)O[C@@H](O[C@H]3[C@@H](OC)C[C@H](O[C@H]4[C@@H](OC)C[C@H](O[C@H]5CC[C@]6(C)[C@H]7C[C@@H](OC(=O)/C=C/c8ccccc8)[C@@]8(C)[C@](O)(CC[C@@]8(O)C(C)O)[C@]7(O)C=C[C@@]6(O)C5)O[C@@H]4C)O[C@@H]3C)C[C@H]2OC)O[C@H](C)[C@H]1O[C@@H]1O[C@H](CO)[C@@H](O)[C@H](O)[C@H]1O. The first-order valence-electron chi connectivity index (χ1n) is 31.8. The van der Waals surface area contributed by atoms with Gasteiger partial charge in [0.2, 0.25) is 0 Å². The highest BCUT2D eigenvalue weighted by molar-refractivity contribution is 5.87. The van der Waals surface area contributed by atoms with Crippen molar-refractivity contribution < 1.29 is 127 Å². The van der Waals surface area contributed by atoms with E-state index in [1.807, 2.05) is 51.1 Å². The number of carbonyl (C=O) groups excluding carboxylic acids is 1. The number of aliphatic hydroxyl groups excluding tert-OH is 6. The summed E-state index contributed by atoms with van der Waals surface area (Å²) in [6.45, 7) is 11.3. The van der Waals surface area contributed by atoms with Gasteiger partial charge in [0.1, 0.15) is 83.9 Å². The first-order valence-corrected chi connectivity index (χ1v) is 31.8. The second-order valence-corrected chi connectivity index (χ2v) is 27.0. The number of aliphatic hydroxyl groups is 10. The molecule has 5 aliphatic heterocycles. The zero-order valence-electron chi connectivity index (χ0n) is 53.3. The van der Waals surface area contributed by atoms with E-state index in [4.69, 9.17) is 71.1 Å². The number of esters is 1. The summed E-state index contributed by atoms with van der Waals surface area (Å²) in [6, 6.07) is 9.18. The fourth-order valence-corrected chi connectivity index (χ4v) is 16.7. The second kappa shape index (κ2) is 27.4. The molecule has 0 aromatic heterocycles. The van der Waals surface area contributed by atoms with E-state index >= 15 is 0 Å². The van der Waals surface area contributed by atoms with Crippen LogP contribution in [0.15, 0.2) is 48.6 Å². The highest BCUT2D eigenvalue weighted by Crippen LogP contribution is 2.71. The predicted molar refractivity (Wildman–Crippen MR) is 312 cm³/mol. The standard InChI is InChI=1S/C64H98O26/c1-31-52(87-46-26-39(77-9)53(32(2)81-46)88-47-27-40(78-10)54(33(3)82-47)89-58-51(71)56(79-11)55(34(4)83-58)90-57-50(70)49(69)48(68)41(30-65)85-57)38(76-8)25-45(80-31)84-37-19-20-59(6)42-28-43(86-44(67)18-17-36-15-13-12-14-16-36)60(7)62(73,35(5)66)23-24-64(60,75)63(42,74)22-21-61(59,72)29-37/h12-18,21-22,31-35,37-43,45-58,65-66,68-75H,19-20,23-30H2,1-11H3/b18-17+/t31-,32-,33-,34-,35?,37+,38+,39+,40-,41-,42-,43-,45+,46+,47+,48-,49+,50-,51-,52-,53-,54-,55-,56-,57+,58+,59-,60-,61-,62-,63+,64-/m1/s1. The summed E-state index contributed by atoms with van der Waals surface area (Å²) in [5.74, 6) is -1.61. The van der Waals surface area contributed by atoms with Crippen LogP contribution >= 0.6 is 0 Å². The van der Waals surface area contributed by atoms with E-state index in [9.17, 15) is 55.9 Å². The smallest absolute Gasteiger partial charge is 0.331 e. The van der Waals surface area contributed by atoms with Gasteiger partial charge in [0.25, 0.3) is 0 Å². The Balaban J connectivity index is 0.736. The molecule has 10 rings (SSSR count). The minimum atomic E-state index is -2.11. The van der Waals surface area contributed by atoms with Crippen molar-refractivity contribution in [3.63, 3.8) is 0 Å². The molecule has 0 amide bonds. The van der Waals surface area contributed by atoms with Crippen LogP contribution < -0.4 is 0 Å². The number of carbonyl (C=O) groups is 1. The predicted octanol–water partition coefficient (Wildman–Crippen LogP) is 0.793. The van der Waals surface area contributed by atoms with Gasteiger partial charge in [0, 0.05) is 71.5 Å². The summed E-state index contributed by atoms with van der Waals surface area (Å²) in [7, 11) is 6.04. The average molecular weight is 1280 g/mol. The Kier molecular flexibility index (Phi) is 21.3. The maximum Gasteiger partial charge on any atom is 0.331 e. The molecule has 32 atom stereocenters. The first kappa shape index (κ1) is 70.0. The molecule has 8 fully saturated rings. The van der Waals surface area contributed by atoms with Gasteiger partial charge in [-0.3, -0.25) is 0 Å². The molecule has 4 aliphatic carbocycles. The Labute approximate surface area is 525 Å². The molecule has 9 aliphatic rings. The Morgan fingerprint density at radius 1 is 0.622 bits per heavy atom. The van der Waals surface area contributed by atoms with Crippen LogP contribution in [-0.2, 0) is 75.8 Å². The fraction of sp³-hybridized carbons (Fsp3) is 0.828. The van der Waals surface area contributed by atoms with Crippen LogP contribution in [0.5, 0.6) is 0 Å². The van der Waals surface area contributed by atoms with Crippen molar-refractivity contribution in [2.45, 2.75) is 282 Å². The van der Waals surface area contributed by atoms with E-state index < -0.39 is 205 Å². The minimum Gasteiger partial charge on any atom is -0.458 e. The zero-order chi connectivity index (χ0) is 65.2. The number of ether oxygens (including phenoxy) is 15. The number of hydrogen-bond donors (Lipinski definition) is 10. The number of benzene rings is 1. The lowest BCUT2D eigenvalue weighted by Crippen LogP contribution is -2.80. The van der Waals surface area contributed by atoms with E-state index in [0.29, 0.717) is 12.8 Å². The largest absolute Gasteiger partial charge is 0.458 e. The Morgan fingerprint density at radius 2 is 1.16 bits per heavy atom. The molecule has 0 bridgehead atoms. The normalized spacial score (nSPS) is 50.8. The van der Waals surface area contributed by atoms with Crippen molar-refractivity contribution in [3.8, 4) is 0 Å². The van der Waals surface area contributed by atoms with E-state index in [-0.39, 0.29) is 44.9 Å². The van der Waals surface area contributed by atoms with Gasteiger partial charge >= 0.3 is 5.97 Å². The topological polar surface area (TPSA) is 358 Å². The number of hydrogen-bond acceptors (Lipinski definition) is 26. The van der Waals surface area contributed by atoms with Crippen molar-refractivity contribution >= 4 is 12.0 Å². The molecule has 0 spiro atoms. The molecule has 1 aromatic rings. The zero-order valence-corrected chi connectivity index (χ0v) is 53.3. The van der Waals surface area contributed by atoms with Gasteiger partial charge < -0.3 is 122 Å². The van der Waals surface area contributed by atoms with Gasteiger partial charge in [-0.2, -0.15) is 0 Å². The lowest BCUT2D eigenvalue weighted by Gasteiger charge is -2.68. The summed E-state index contributed by atoms with van der Waals surface area (Å²) in [5.41, 5.74) is -9.76. The monoisotopic (exact) mass is 1280 g/mol. The van der Waals surface area contributed by atoms with Crippen molar-refractivity contribution in [2.24, 2.45) is 16.7 Å². The molecule has 90 heavy (non-hydrogen) atoms. The second-order valence-electron chi connectivity index (χ2n) is 27.0. The van der Waals surface area contributed by atoms with Crippen LogP contribution in [-0.4, -0.2) is 268 Å². The quantitative estimate of drug-likeness (QED) is 0.0520. The molecule has 510 valence electrons. The van der Waals surface area contributed by atoms with E-state index in [2.05, 4.69) is 0 Å². The fourth-order valence-electron chi connectivity index (χ4n) is 16.7. The van der Waals surface area contributed by atoms with E-state index in [0.717, 1.165) is 5.56 Å². The van der Waals surface area contributed by atoms with Crippen molar-refractivity contribution in [1.29, 1.82) is 0 Å². The van der Waals surface area contributed by atoms with Crippen LogP contribution in [0.1, 0.15) is 112 Å². The van der Waals surface area contributed by atoms with Crippen LogP contribution in [0.3, 0.4) is 0 Å². The molecule has 0 radical (unpaired) electrons. The third-order valence-corrected chi connectivity index (χ3v) is 22.2. The van der Waals surface area contributed by atoms with Gasteiger partial charge in [-0.15, -0.1) is 0 Å². The molecule has 26 heteroatoms. The molecule has 5 heterocycles. The molecule has 3 saturated carbocycles. The van der Waals surface area contributed by atoms with Gasteiger partial charge in [-0.05, 0) is 78.4 Å². The minimum absolute atomic E-state index is 0.0446. The molecule has 1 aromatic carbocycles. The van der Waals surface area contributed by atoms with Crippen LogP contribution in [0.4, 0.5) is 0 Å². The average Bonchev–Trinajstić information content (AvgIpc) is 1.33. The summed E-state index contributed by atoms with van der Waals surface area (Å²) < 4.78 is 93.4. The highest BCUT2D eigenvalue weighted by Gasteiger charge is 2.82. The molecular weight excluding hydrogens is 1180 g/mol. The van der Waals surface area contributed by atoms with Gasteiger partial charge in [0.05, 0.1) is 72.6 Å². The lowest BCUT2D eigenvalue weighted by molar-refractivity contribution is -0.374. The Hall–Kier alpha value is -2.79. The van der Waals surface area contributed by atoms with E-state index in [1.54, 1.807) is 47.1 Å². The Bertz CT molecular complexity index is 2620. The van der Waals surface area contributed by atoms with Gasteiger partial charge in [0.15, 0.2) is 31.5 Å². The summed E-state index contributed by atoms with van der Waals surface area (Å²) in [6.07, 6.45) is -17.1. The molecule has 1 unspecified atom stereocenters. The van der Waals surface area contributed by atoms with Crippen molar-refractivity contribution in [1.82, 2.24) is 0 Å². The van der Waals surface area contributed by atoms with Crippen molar-refractivity contribution in [2.75, 3.05) is 35.0 Å². The van der Waals surface area contributed by atoms with Crippen LogP contribution in [0, 0.1) is 16.7 Å². The van der Waals surface area contributed by atoms with Gasteiger partial charge in [-0.1, -0.05) is 56.3 Å². The number of fused-ring (bicyclic) bond motifs is 5. The number of methoxy groups -OCH3 is 4. The first-order chi connectivity index (χ1) is 42.6. The molecular formula is C64H98O26. The van der Waals surface area contributed by atoms with Crippen LogP contribution in [0.2, 0.25) is 0 Å². The van der Waals surface area contributed by atoms with Crippen LogP contribution in [0.25, 0.3) is 6.08 Å². The summed E-state index contributed by atoms with van der Waals surface area (Å²) >= 11 is 0. The maximum atomic E-state index is 13.7. The molecule has 10 N–H and O–H groups in total. The van der Waals surface area contributed by atoms with Crippen molar-refractivity contribution in [3.05, 3.63) is 54.1 Å². The Morgan fingerprint density at radius 3 is 1.70 bits per heavy atom. The van der Waals surface area contributed by atoms with Gasteiger partial charge in [-0.25, -0.2) is 4.79 Å². The maximum absolute atomic E-state index is 13.7. The third-order valence-electron chi connectivity index (χ3n) is 22.2. The third kappa shape index (κ3) is 12.3. The lowest BCUT2D eigenvalue weighted by atomic mass is 9.41. The van der Waals surface area contributed by atoms with E-state index in [1.165, 1.54) is 33.3 Å². The number of rotatable bonds is 19. The molecule has 26 nitrogen and oxygen atoms in total. The molecule has 5 saturated heterocycles. The highest BCUT2D eigenvalue weighted by atomic mass is 16.8. The summed E-state index contributed by atoms with van der Waals surface area (Å²) in [4.78, 5) is 13.7.